The van der Waals surface area contributed by atoms with Crippen molar-refractivity contribution in [2.75, 3.05) is 0 Å². The molecule has 1 heterocycles. The predicted molar refractivity (Wildman–Crippen MR) is 66.5 cm³/mol. The normalized spacial score (nSPS) is 11.9. The van der Waals surface area contributed by atoms with E-state index in [1.807, 2.05) is 0 Å². The topological polar surface area (TPSA) is 51.3 Å². The molecule has 1 aromatic carbocycles. The quantitative estimate of drug-likeness (QED) is 0.515. The van der Waals surface area contributed by atoms with Gasteiger partial charge < -0.3 is 5.84 Å². The first kappa shape index (κ1) is 13.1. The molecule has 0 aliphatic carbocycles. The number of rotatable bonds is 2. The van der Waals surface area contributed by atoms with E-state index in [2.05, 4.69) is 10.1 Å². The molecule has 1 aromatic heterocycles. The van der Waals surface area contributed by atoms with E-state index in [9.17, 15) is 13.2 Å². The van der Waals surface area contributed by atoms with Crippen molar-refractivity contribution in [1.82, 2.24) is 4.98 Å². The standard InChI is InChI=1S/C13H10F3N3/c14-13(15,16)11-5-6-12(18-8-11)10-3-1-9(2-4-10)7-19-17/h1-8H,17H2. The first-order valence-electron chi connectivity index (χ1n) is 5.37. The van der Waals surface area contributed by atoms with Crippen LogP contribution in [0.3, 0.4) is 0 Å². The number of pyridine rings is 1. The van der Waals surface area contributed by atoms with E-state index in [4.69, 9.17) is 5.84 Å². The molecular weight excluding hydrogens is 255 g/mol. The Kier molecular flexibility index (Phi) is 3.50. The van der Waals surface area contributed by atoms with Crippen molar-refractivity contribution in [3.05, 3.63) is 53.7 Å². The van der Waals surface area contributed by atoms with Gasteiger partial charge in [0.2, 0.25) is 0 Å². The lowest BCUT2D eigenvalue weighted by Gasteiger charge is -2.07. The molecule has 0 unspecified atom stereocenters. The number of benzene rings is 1. The molecule has 0 atom stereocenters. The van der Waals surface area contributed by atoms with Gasteiger partial charge in [-0.25, -0.2) is 0 Å². The Labute approximate surface area is 107 Å². The third-order valence-electron chi connectivity index (χ3n) is 2.52. The minimum atomic E-state index is -4.37. The zero-order valence-corrected chi connectivity index (χ0v) is 9.72. The fraction of sp³-hybridized carbons (Fsp3) is 0.0769. The summed E-state index contributed by atoms with van der Waals surface area (Å²) in [5.41, 5.74) is 1.24. The third-order valence-corrected chi connectivity index (χ3v) is 2.52. The summed E-state index contributed by atoms with van der Waals surface area (Å²) in [5, 5.41) is 3.38. The average Bonchev–Trinajstić information content (AvgIpc) is 2.39. The molecule has 3 nitrogen and oxygen atoms in total. The molecule has 0 radical (unpaired) electrons. The molecule has 19 heavy (non-hydrogen) atoms. The van der Waals surface area contributed by atoms with E-state index in [1.165, 1.54) is 12.3 Å². The molecule has 6 heteroatoms. The van der Waals surface area contributed by atoms with Crippen LogP contribution in [0.25, 0.3) is 11.3 Å². The Morgan fingerprint density at radius 3 is 2.21 bits per heavy atom. The van der Waals surface area contributed by atoms with Crippen molar-refractivity contribution in [1.29, 1.82) is 0 Å². The van der Waals surface area contributed by atoms with Crippen molar-refractivity contribution in [3.8, 4) is 11.3 Å². The molecule has 0 saturated carbocycles. The van der Waals surface area contributed by atoms with E-state index in [-0.39, 0.29) is 0 Å². The maximum Gasteiger partial charge on any atom is 0.417 e. The van der Waals surface area contributed by atoms with E-state index in [0.717, 1.165) is 23.4 Å². The van der Waals surface area contributed by atoms with Gasteiger partial charge in [0.25, 0.3) is 0 Å². The highest BCUT2D eigenvalue weighted by atomic mass is 19.4. The van der Waals surface area contributed by atoms with Crippen LogP contribution in [0.5, 0.6) is 0 Å². The highest BCUT2D eigenvalue weighted by Crippen LogP contribution is 2.29. The van der Waals surface area contributed by atoms with E-state index >= 15 is 0 Å². The fourth-order valence-corrected chi connectivity index (χ4v) is 1.56. The summed E-state index contributed by atoms with van der Waals surface area (Å²) in [6.45, 7) is 0. The van der Waals surface area contributed by atoms with Gasteiger partial charge in [0.15, 0.2) is 0 Å². The van der Waals surface area contributed by atoms with Crippen molar-refractivity contribution < 1.29 is 13.2 Å². The zero-order valence-electron chi connectivity index (χ0n) is 9.72. The number of alkyl halides is 3. The van der Waals surface area contributed by atoms with Crippen LogP contribution in [0.1, 0.15) is 11.1 Å². The maximum atomic E-state index is 12.4. The van der Waals surface area contributed by atoms with Gasteiger partial charge in [-0.1, -0.05) is 24.3 Å². The average molecular weight is 265 g/mol. The van der Waals surface area contributed by atoms with Crippen LogP contribution in [-0.2, 0) is 6.18 Å². The summed E-state index contributed by atoms with van der Waals surface area (Å²) >= 11 is 0. The lowest BCUT2D eigenvalue weighted by atomic mass is 10.1. The number of hydrogen-bond donors (Lipinski definition) is 1. The summed E-state index contributed by atoms with van der Waals surface area (Å²) in [4.78, 5) is 3.81. The zero-order chi connectivity index (χ0) is 13.9. The molecule has 2 N–H and O–H groups in total. The number of nitrogens with two attached hydrogens (primary N) is 1. The van der Waals surface area contributed by atoms with E-state index in [0.29, 0.717) is 5.69 Å². The second kappa shape index (κ2) is 5.09. The van der Waals surface area contributed by atoms with Crippen LogP contribution < -0.4 is 5.84 Å². The van der Waals surface area contributed by atoms with Gasteiger partial charge >= 0.3 is 6.18 Å². The highest BCUT2D eigenvalue weighted by molar-refractivity contribution is 5.80. The smallest absolute Gasteiger partial charge is 0.323 e. The van der Waals surface area contributed by atoms with Gasteiger partial charge in [-0.3, -0.25) is 4.98 Å². The van der Waals surface area contributed by atoms with Crippen LogP contribution >= 0.6 is 0 Å². The Morgan fingerprint density at radius 1 is 1.05 bits per heavy atom. The Hall–Kier alpha value is -2.37. The molecule has 0 fully saturated rings. The first-order valence-corrected chi connectivity index (χ1v) is 5.37. The second-order valence-corrected chi connectivity index (χ2v) is 3.83. The van der Waals surface area contributed by atoms with Crippen molar-refractivity contribution in [3.63, 3.8) is 0 Å². The number of nitrogens with zero attached hydrogens (tertiary/aromatic N) is 2. The van der Waals surface area contributed by atoms with Gasteiger partial charge in [0, 0.05) is 11.8 Å². The van der Waals surface area contributed by atoms with Crippen molar-refractivity contribution >= 4 is 6.21 Å². The summed E-state index contributed by atoms with van der Waals surface area (Å²) in [7, 11) is 0. The van der Waals surface area contributed by atoms with Crippen molar-refractivity contribution in [2.45, 2.75) is 6.18 Å². The summed E-state index contributed by atoms with van der Waals surface area (Å²) in [6.07, 6.45) is -2.07. The fourth-order valence-electron chi connectivity index (χ4n) is 1.56. The minimum absolute atomic E-state index is 0.476. The van der Waals surface area contributed by atoms with Gasteiger partial charge in [-0.15, -0.1) is 0 Å². The van der Waals surface area contributed by atoms with Crippen LogP contribution in [0, 0.1) is 0 Å². The molecule has 0 amide bonds. The number of halogens is 3. The Morgan fingerprint density at radius 2 is 1.74 bits per heavy atom. The summed E-state index contributed by atoms with van der Waals surface area (Å²) < 4.78 is 37.2. The number of aromatic nitrogens is 1. The first-order chi connectivity index (χ1) is 9.00. The third kappa shape index (κ3) is 3.09. The molecule has 98 valence electrons. The molecule has 2 aromatic rings. The van der Waals surface area contributed by atoms with Gasteiger partial charge in [-0.05, 0) is 17.7 Å². The van der Waals surface area contributed by atoms with Crippen LogP contribution in [0.2, 0.25) is 0 Å². The van der Waals surface area contributed by atoms with Crippen LogP contribution in [-0.4, -0.2) is 11.2 Å². The largest absolute Gasteiger partial charge is 0.417 e. The summed E-state index contributed by atoms with van der Waals surface area (Å²) in [5.74, 6) is 5.02. The predicted octanol–water partition coefficient (Wildman–Crippen LogP) is 3.06. The molecule has 0 aliphatic rings. The number of hydrogen-bond acceptors (Lipinski definition) is 3. The minimum Gasteiger partial charge on any atom is -0.323 e. The molecule has 0 bridgehead atoms. The SMILES string of the molecule is NN=Cc1ccc(-c2ccc(C(F)(F)F)cn2)cc1. The molecule has 2 rings (SSSR count). The summed E-state index contributed by atoms with van der Waals surface area (Å²) in [6, 6.07) is 9.35. The number of hydrazone groups is 1. The van der Waals surface area contributed by atoms with Gasteiger partial charge in [-0.2, -0.15) is 18.3 Å². The van der Waals surface area contributed by atoms with Crippen LogP contribution in [0.15, 0.2) is 47.7 Å². The lowest BCUT2D eigenvalue weighted by Crippen LogP contribution is -2.05. The Balaban J connectivity index is 2.27. The van der Waals surface area contributed by atoms with Crippen LogP contribution in [0.4, 0.5) is 13.2 Å². The van der Waals surface area contributed by atoms with Gasteiger partial charge in [0.05, 0.1) is 17.5 Å². The lowest BCUT2D eigenvalue weighted by molar-refractivity contribution is -0.137. The maximum absolute atomic E-state index is 12.4. The van der Waals surface area contributed by atoms with Gasteiger partial charge in [0.1, 0.15) is 0 Å². The van der Waals surface area contributed by atoms with Crippen molar-refractivity contribution in [2.24, 2.45) is 10.9 Å². The molecule has 0 saturated heterocycles. The second-order valence-electron chi connectivity index (χ2n) is 3.83. The van der Waals surface area contributed by atoms with E-state index in [1.54, 1.807) is 24.3 Å². The molecule has 0 spiro atoms. The Bertz CT molecular complexity index is 572. The molecule has 0 aliphatic heterocycles. The van der Waals surface area contributed by atoms with E-state index < -0.39 is 11.7 Å². The monoisotopic (exact) mass is 265 g/mol. The highest BCUT2D eigenvalue weighted by Gasteiger charge is 2.30. The molecular formula is C13H10F3N3.